The van der Waals surface area contributed by atoms with Crippen LogP contribution in [0, 0.1) is 12.3 Å². The maximum Gasteiger partial charge on any atom is 0.408 e. The third-order valence-corrected chi connectivity index (χ3v) is 4.40. The molecule has 1 aromatic rings. The molecule has 0 saturated heterocycles. The molecule has 0 heterocycles. The summed E-state index contributed by atoms with van der Waals surface area (Å²) in [4.78, 5) is 39.4. The van der Waals surface area contributed by atoms with Crippen molar-refractivity contribution in [1.29, 1.82) is 0 Å². The highest BCUT2D eigenvalue weighted by Gasteiger charge is 2.34. The van der Waals surface area contributed by atoms with Crippen LogP contribution >= 0.6 is 0 Å². The Morgan fingerprint density at radius 2 is 1.90 bits per heavy atom. The van der Waals surface area contributed by atoms with Gasteiger partial charge < -0.3 is 25.4 Å². The summed E-state index contributed by atoms with van der Waals surface area (Å²) in [6.07, 6.45) is 6.43. The van der Waals surface area contributed by atoms with Gasteiger partial charge in [-0.2, -0.15) is 0 Å². The van der Waals surface area contributed by atoms with Crippen LogP contribution in [0.1, 0.15) is 57.7 Å². The van der Waals surface area contributed by atoms with Gasteiger partial charge in [0, 0.05) is 19.2 Å². The van der Waals surface area contributed by atoms with Gasteiger partial charge in [-0.05, 0) is 38.8 Å². The number of carbonyl (C=O) groups is 3. The van der Waals surface area contributed by atoms with Crippen molar-refractivity contribution in [2.45, 2.75) is 58.2 Å². The Hall–Kier alpha value is -3.05. The number of hydrogen-bond donors (Lipinski definition) is 3. The van der Waals surface area contributed by atoms with Crippen LogP contribution in [-0.4, -0.2) is 59.8 Å². The molecule has 3 N–H and O–H groups in total. The Kier molecular flexibility index (Phi) is 10.0. The number of rotatable bonds is 9. The number of unbranched alkanes of at least 4 members (excludes halogenated alkanes) is 1. The molecule has 0 aliphatic carbocycles. The van der Waals surface area contributed by atoms with E-state index in [0.717, 1.165) is 12.8 Å². The number of likely N-dealkylation sites (N-methyl/N-ethyl adjacent to an activating group) is 1. The van der Waals surface area contributed by atoms with E-state index in [0.29, 0.717) is 17.7 Å². The van der Waals surface area contributed by atoms with E-state index in [4.69, 9.17) is 11.2 Å². The van der Waals surface area contributed by atoms with Crippen molar-refractivity contribution in [2.75, 3.05) is 20.2 Å². The molecule has 0 bridgehead atoms. The van der Waals surface area contributed by atoms with Crippen LogP contribution in [0.2, 0.25) is 0 Å². The molecule has 31 heavy (non-hydrogen) atoms. The Morgan fingerprint density at radius 3 is 2.45 bits per heavy atom. The number of benzene rings is 1. The number of terminal acetylenes is 1. The maximum absolute atomic E-state index is 13.1. The van der Waals surface area contributed by atoms with E-state index in [9.17, 15) is 19.5 Å². The summed E-state index contributed by atoms with van der Waals surface area (Å²) in [5.74, 6) is 1.48. The predicted molar refractivity (Wildman–Crippen MR) is 118 cm³/mol. The number of hydrogen-bond acceptors (Lipinski definition) is 5. The van der Waals surface area contributed by atoms with E-state index < -0.39 is 42.2 Å². The SMILES string of the molecule is C#Cc1ccccc1C(C(=O)NCCCC)N(C)C(=O)C(CO)NC(=O)OC(C)(C)C. The number of nitrogens with one attached hydrogen (secondary N) is 2. The molecule has 0 aliphatic rings. The molecule has 0 aromatic heterocycles. The molecule has 170 valence electrons. The number of aliphatic hydroxyl groups is 1. The monoisotopic (exact) mass is 431 g/mol. The first-order valence-electron chi connectivity index (χ1n) is 10.3. The van der Waals surface area contributed by atoms with Crippen molar-refractivity contribution in [3.8, 4) is 12.3 Å². The van der Waals surface area contributed by atoms with Crippen molar-refractivity contribution >= 4 is 17.9 Å². The third kappa shape index (κ3) is 7.95. The molecular formula is C23H33N3O5. The van der Waals surface area contributed by atoms with Crippen LogP contribution in [-0.2, 0) is 14.3 Å². The van der Waals surface area contributed by atoms with Crippen molar-refractivity contribution in [3.05, 3.63) is 35.4 Å². The molecule has 2 unspecified atom stereocenters. The largest absolute Gasteiger partial charge is 0.444 e. The minimum Gasteiger partial charge on any atom is -0.444 e. The van der Waals surface area contributed by atoms with Gasteiger partial charge in [0.15, 0.2) is 0 Å². The first kappa shape index (κ1) is 26.0. The molecule has 2 atom stereocenters. The van der Waals surface area contributed by atoms with Gasteiger partial charge in [-0.15, -0.1) is 6.42 Å². The maximum atomic E-state index is 13.1. The van der Waals surface area contributed by atoms with Crippen LogP contribution in [0.25, 0.3) is 0 Å². The van der Waals surface area contributed by atoms with Crippen molar-refractivity contribution in [2.24, 2.45) is 0 Å². The van der Waals surface area contributed by atoms with Crippen LogP contribution in [0.15, 0.2) is 24.3 Å². The summed E-state index contributed by atoms with van der Waals surface area (Å²) in [5, 5.41) is 14.9. The van der Waals surface area contributed by atoms with Crippen LogP contribution in [0.4, 0.5) is 4.79 Å². The van der Waals surface area contributed by atoms with E-state index in [1.807, 2.05) is 6.92 Å². The van der Waals surface area contributed by atoms with Crippen molar-refractivity contribution in [1.82, 2.24) is 15.5 Å². The zero-order valence-corrected chi connectivity index (χ0v) is 18.9. The summed E-state index contributed by atoms with van der Waals surface area (Å²) < 4.78 is 5.16. The highest BCUT2D eigenvalue weighted by molar-refractivity contribution is 5.92. The fraction of sp³-hybridized carbons (Fsp3) is 0.522. The quantitative estimate of drug-likeness (QED) is 0.409. The van der Waals surface area contributed by atoms with E-state index in [-0.39, 0.29) is 0 Å². The molecule has 8 heteroatoms. The molecule has 1 rings (SSSR count). The molecule has 0 fully saturated rings. The zero-order valence-electron chi connectivity index (χ0n) is 18.9. The minimum atomic E-state index is -1.29. The van der Waals surface area contributed by atoms with Gasteiger partial charge in [0.25, 0.3) is 0 Å². The molecular weight excluding hydrogens is 398 g/mol. The number of amides is 3. The van der Waals surface area contributed by atoms with Gasteiger partial charge in [-0.25, -0.2) is 4.79 Å². The summed E-state index contributed by atoms with van der Waals surface area (Å²) in [5.41, 5.74) is 0.175. The standard InChI is InChI=1S/C23H33N3O5/c1-7-9-14-24-20(28)19(17-13-11-10-12-16(17)8-2)26(6)21(29)18(15-27)25-22(30)31-23(3,4)5/h2,10-13,18-19,27H,7,9,14-15H2,1,3-6H3,(H,24,28)(H,25,30). The third-order valence-electron chi connectivity index (χ3n) is 4.40. The second-order valence-corrected chi connectivity index (χ2v) is 8.11. The Balaban J connectivity index is 3.18. The van der Waals surface area contributed by atoms with Gasteiger partial charge in [-0.3, -0.25) is 9.59 Å². The molecule has 0 radical (unpaired) electrons. The molecule has 3 amide bonds. The average Bonchev–Trinajstić information content (AvgIpc) is 2.70. The summed E-state index contributed by atoms with van der Waals surface area (Å²) in [6, 6.07) is 4.51. The zero-order chi connectivity index (χ0) is 23.6. The molecule has 0 spiro atoms. The number of nitrogens with zero attached hydrogens (tertiary/aromatic N) is 1. The Bertz CT molecular complexity index is 810. The Morgan fingerprint density at radius 1 is 1.26 bits per heavy atom. The van der Waals surface area contributed by atoms with E-state index in [1.54, 1.807) is 45.0 Å². The second kappa shape index (κ2) is 12.0. The van der Waals surface area contributed by atoms with Gasteiger partial charge >= 0.3 is 6.09 Å². The van der Waals surface area contributed by atoms with Crippen LogP contribution < -0.4 is 10.6 Å². The van der Waals surface area contributed by atoms with Gasteiger partial charge in [-0.1, -0.05) is 37.5 Å². The first-order valence-corrected chi connectivity index (χ1v) is 10.3. The average molecular weight is 432 g/mol. The van der Waals surface area contributed by atoms with Gasteiger partial charge in [0.2, 0.25) is 11.8 Å². The fourth-order valence-electron chi connectivity index (χ4n) is 2.89. The van der Waals surface area contributed by atoms with Crippen molar-refractivity contribution in [3.63, 3.8) is 0 Å². The fourth-order valence-corrected chi connectivity index (χ4v) is 2.89. The smallest absolute Gasteiger partial charge is 0.408 e. The number of carbonyl (C=O) groups excluding carboxylic acids is 3. The van der Waals surface area contributed by atoms with Gasteiger partial charge in [0.1, 0.15) is 17.7 Å². The first-order chi connectivity index (χ1) is 14.6. The topological polar surface area (TPSA) is 108 Å². The summed E-state index contributed by atoms with van der Waals surface area (Å²) in [6.45, 7) is 6.84. The Labute approximate surface area is 184 Å². The van der Waals surface area contributed by atoms with E-state index in [2.05, 4.69) is 16.6 Å². The highest BCUT2D eigenvalue weighted by Crippen LogP contribution is 2.24. The second-order valence-electron chi connectivity index (χ2n) is 8.11. The lowest BCUT2D eigenvalue weighted by Crippen LogP contribution is -2.53. The number of aliphatic hydroxyl groups excluding tert-OH is 1. The normalized spacial score (nSPS) is 12.8. The molecule has 0 saturated carbocycles. The van der Waals surface area contributed by atoms with Crippen LogP contribution in [0.3, 0.4) is 0 Å². The predicted octanol–water partition coefficient (Wildman–Crippen LogP) is 1.97. The highest BCUT2D eigenvalue weighted by atomic mass is 16.6. The number of alkyl carbamates (subject to hydrolysis) is 1. The van der Waals surface area contributed by atoms with E-state index in [1.165, 1.54) is 11.9 Å². The summed E-state index contributed by atoms with van der Waals surface area (Å²) in [7, 11) is 1.43. The molecule has 1 aromatic carbocycles. The van der Waals surface area contributed by atoms with Crippen molar-refractivity contribution < 1.29 is 24.2 Å². The molecule has 8 nitrogen and oxygen atoms in total. The number of ether oxygens (including phenoxy) is 1. The minimum absolute atomic E-state index is 0.402. The lowest BCUT2D eigenvalue weighted by molar-refractivity contribution is -0.141. The lowest BCUT2D eigenvalue weighted by Gasteiger charge is -2.31. The van der Waals surface area contributed by atoms with Gasteiger partial charge in [0.05, 0.1) is 6.61 Å². The van der Waals surface area contributed by atoms with Crippen LogP contribution in [0.5, 0.6) is 0 Å². The lowest BCUT2D eigenvalue weighted by atomic mass is 9.98. The van der Waals surface area contributed by atoms with E-state index >= 15 is 0 Å². The summed E-state index contributed by atoms with van der Waals surface area (Å²) >= 11 is 0. The molecule has 0 aliphatic heterocycles.